The van der Waals surface area contributed by atoms with Gasteiger partial charge in [0.1, 0.15) is 0 Å². The van der Waals surface area contributed by atoms with E-state index in [1.54, 1.807) is 12.1 Å². The van der Waals surface area contributed by atoms with E-state index in [2.05, 4.69) is 5.32 Å². The third kappa shape index (κ3) is 3.84. The molecule has 2 aromatic rings. The Hall–Kier alpha value is -3.26. The Kier molecular flexibility index (Phi) is 5.65. The number of nitro benzene ring substituents is 1. The number of methoxy groups -OCH3 is 1. The Balaban J connectivity index is 2.14. The van der Waals surface area contributed by atoms with Gasteiger partial charge in [-0.3, -0.25) is 15.0 Å². The fourth-order valence-electron chi connectivity index (χ4n) is 3.41. The molecule has 29 heavy (non-hydrogen) atoms. The van der Waals surface area contributed by atoms with Gasteiger partial charge in [-0.05, 0) is 67.9 Å². The van der Waals surface area contributed by atoms with E-state index < -0.39 is 16.9 Å². The predicted octanol–water partition coefficient (Wildman–Crippen LogP) is 4.09. The van der Waals surface area contributed by atoms with Crippen LogP contribution in [0.15, 0.2) is 53.7 Å². The highest BCUT2D eigenvalue weighted by Crippen LogP contribution is 2.36. The number of nitrogens with zero attached hydrogens (tertiary/aromatic N) is 2. The van der Waals surface area contributed by atoms with E-state index in [1.807, 2.05) is 43.9 Å². The first-order chi connectivity index (χ1) is 13.7. The largest absolute Gasteiger partial charge is 0.466 e. The number of thiocarbonyl (C=S) groups is 1. The molecule has 3 rings (SSSR count). The summed E-state index contributed by atoms with van der Waals surface area (Å²) >= 11 is 5.63. The number of esters is 1. The second kappa shape index (κ2) is 8.00. The van der Waals surface area contributed by atoms with Crippen molar-refractivity contribution >= 4 is 34.7 Å². The number of hydrogen-bond acceptors (Lipinski definition) is 5. The van der Waals surface area contributed by atoms with Crippen LogP contribution >= 0.6 is 12.2 Å². The van der Waals surface area contributed by atoms with E-state index in [9.17, 15) is 14.9 Å². The van der Waals surface area contributed by atoms with E-state index in [0.29, 0.717) is 21.9 Å². The first-order valence-electron chi connectivity index (χ1n) is 8.96. The summed E-state index contributed by atoms with van der Waals surface area (Å²) in [5.74, 6) is -0.490. The van der Waals surface area contributed by atoms with Crippen molar-refractivity contribution in [3.05, 3.63) is 80.5 Å². The SMILES string of the molecule is COC(=O)C1=C(C)N(c2cc(C)ccc2C)C(=S)N[C@@H]1c1ccc([N+](=O)[O-])cc1. The number of non-ortho nitro benzene ring substituents is 1. The minimum Gasteiger partial charge on any atom is -0.466 e. The molecular weight excluding hydrogens is 390 g/mol. The maximum Gasteiger partial charge on any atom is 0.337 e. The van der Waals surface area contributed by atoms with Crippen LogP contribution in [0.25, 0.3) is 0 Å². The molecular formula is C21H21N3O4S. The average molecular weight is 411 g/mol. The Morgan fingerprint density at radius 1 is 1.17 bits per heavy atom. The van der Waals surface area contributed by atoms with Crippen LogP contribution in [0.1, 0.15) is 29.7 Å². The van der Waals surface area contributed by atoms with Crippen molar-refractivity contribution < 1.29 is 14.5 Å². The molecule has 0 unspecified atom stereocenters. The maximum atomic E-state index is 12.7. The molecule has 7 nitrogen and oxygen atoms in total. The Labute approximate surface area is 174 Å². The molecule has 0 bridgehead atoms. The van der Waals surface area contributed by atoms with Crippen LogP contribution in [-0.2, 0) is 9.53 Å². The lowest BCUT2D eigenvalue weighted by molar-refractivity contribution is -0.384. The van der Waals surface area contributed by atoms with Gasteiger partial charge in [0, 0.05) is 17.8 Å². The zero-order valence-corrected chi connectivity index (χ0v) is 17.4. The van der Waals surface area contributed by atoms with Gasteiger partial charge in [-0.2, -0.15) is 0 Å². The summed E-state index contributed by atoms with van der Waals surface area (Å²) in [6, 6.07) is 11.5. The van der Waals surface area contributed by atoms with Crippen LogP contribution in [0, 0.1) is 24.0 Å². The van der Waals surface area contributed by atoms with Gasteiger partial charge in [0.15, 0.2) is 5.11 Å². The van der Waals surface area contributed by atoms with Crippen LogP contribution in [0.4, 0.5) is 11.4 Å². The van der Waals surface area contributed by atoms with Crippen LogP contribution in [0.5, 0.6) is 0 Å². The lowest BCUT2D eigenvalue weighted by atomic mass is 9.94. The standard InChI is InChI=1S/C21H21N3O4S/c1-12-5-6-13(2)17(11-12)23-14(3)18(20(25)28-4)19(22-21(23)29)15-7-9-16(10-8-15)24(26)27/h5-11,19H,1-4H3,(H,22,29)/t19-/m1/s1. The fourth-order valence-corrected chi connectivity index (χ4v) is 3.76. The third-order valence-corrected chi connectivity index (χ3v) is 5.23. The van der Waals surface area contributed by atoms with Gasteiger partial charge in [-0.1, -0.05) is 12.1 Å². The maximum absolute atomic E-state index is 12.7. The number of nitro groups is 1. The summed E-state index contributed by atoms with van der Waals surface area (Å²) in [7, 11) is 1.32. The predicted molar refractivity (Wildman–Crippen MR) is 115 cm³/mol. The summed E-state index contributed by atoms with van der Waals surface area (Å²) in [5, 5.41) is 14.6. The van der Waals surface area contributed by atoms with Crippen molar-refractivity contribution in [3.63, 3.8) is 0 Å². The van der Waals surface area contributed by atoms with Crippen LogP contribution in [0.3, 0.4) is 0 Å². The molecule has 1 heterocycles. The van der Waals surface area contributed by atoms with Gasteiger partial charge in [-0.25, -0.2) is 4.79 Å². The number of rotatable bonds is 4. The molecule has 8 heteroatoms. The average Bonchev–Trinajstić information content (AvgIpc) is 2.69. The molecule has 0 aromatic heterocycles. The normalized spacial score (nSPS) is 16.5. The van der Waals surface area contributed by atoms with Crippen molar-refractivity contribution in [1.29, 1.82) is 0 Å². The van der Waals surface area contributed by atoms with Gasteiger partial charge < -0.3 is 10.1 Å². The number of aryl methyl sites for hydroxylation is 2. The lowest BCUT2D eigenvalue weighted by Crippen LogP contribution is -2.48. The zero-order valence-electron chi connectivity index (χ0n) is 16.6. The molecule has 0 aliphatic carbocycles. The number of carbonyl (C=O) groups excluding carboxylic acids is 1. The van der Waals surface area contributed by atoms with Gasteiger partial charge in [0.25, 0.3) is 5.69 Å². The number of ether oxygens (including phenoxy) is 1. The Morgan fingerprint density at radius 3 is 2.41 bits per heavy atom. The first kappa shape index (κ1) is 20.5. The Morgan fingerprint density at radius 2 is 1.83 bits per heavy atom. The molecule has 2 aromatic carbocycles. The van der Waals surface area contributed by atoms with Gasteiger partial charge in [0.05, 0.1) is 29.3 Å². The number of carbonyl (C=O) groups is 1. The highest BCUT2D eigenvalue weighted by Gasteiger charge is 2.35. The monoisotopic (exact) mass is 411 g/mol. The second-order valence-corrected chi connectivity index (χ2v) is 7.23. The summed E-state index contributed by atoms with van der Waals surface area (Å²) in [6.07, 6.45) is 0. The minimum absolute atomic E-state index is 0.0236. The van der Waals surface area contributed by atoms with E-state index >= 15 is 0 Å². The smallest absolute Gasteiger partial charge is 0.337 e. The van der Waals surface area contributed by atoms with Crippen molar-refractivity contribution in [1.82, 2.24) is 5.32 Å². The summed E-state index contributed by atoms with van der Waals surface area (Å²) in [4.78, 5) is 25.0. The molecule has 0 saturated heterocycles. The first-order valence-corrected chi connectivity index (χ1v) is 9.36. The third-order valence-electron chi connectivity index (χ3n) is 4.93. The molecule has 0 spiro atoms. The second-order valence-electron chi connectivity index (χ2n) is 6.85. The number of allylic oxidation sites excluding steroid dienone is 1. The van der Waals surface area contributed by atoms with Crippen molar-refractivity contribution in [2.24, 2.45) is 0 Å². The molecule has 1 N–H and O–H groups in total. The molecule has 0 radical (unpaired) electrons. The van der Waals surface area contributed by atoms with Crippen LogP contribution in [-0.4, -0.2) is 23.1 Å². The van der Waals surface area contributed by atoms with Crippen molar-refractivity contribution in [2.75, 3.05) is 12.0 Å². The zero-order chi connectivity index (χ0) is 21.3. The summed E-state index contributed by atoms with van der Waals surface area (Å²) in [5.41, 5.74) is 4.66. The van der Waals surface area contributed by atoms with Crippen molar-refractivity contribution in [2.45, 2.75) is 26.8 Å². The van der Waals surface area contributed by atoms with Gasteiger partial charge in [-0.15, -0.1) is 0 Å². The molecule has 150 valence electrons. The highest BCUT2D eigenvalue weighted by atomic mass is 32.1. The summed E-state index contributed by atoms with van der Waals surface area (Å²) in [6.45, 7) is 5.79. The minimum atomic E-state index is -0.572. The van der Waals surface area contributed by atoms with Crippen LogP contribution in [0.2, 0.25) is 0 Å². The molecule has 1 aliphatic rings. The lowest BCUT2D eigenvalue weighted by Gasteiger charge is -2.38. The molecule has 0 amide bonds. The summed E-state index contributed by atoms with van der Waals surface area (Å²) < 4.78 is 5.03. The molecule has 0 fully saturated rings. The number of anilines is 1. The topological polar surface area (TPSA) is 84.7 Å². The molecule has 0 saturated carbocycles. The molecule has 1 aliphatic heterocycles. The van der Waals surface area contributed by atoms with Crippen LogP contribution < -0.4 is 10.2 Å². The number of nitrogens with one attached hydrogen (secondary N) is 1. The van der Waals surface area contributed by atoms with Crippen molar-refractivity contribution in [3.8, 4) is 0 Å². The molecule has 1 atom stereocenters. The fraction of sp³-hybridized carbons (Fsp3) is 0.238. The van der Waals surface area contributed by atoms with E-state index in [0.717, 1.165) is 16.8 Å². The number of benzene rings is 2. The van der Waals surface area contributed by atoms with E-state index in [-0.39, 0.29) is 5.69 Å². The Bertz CT molecular complexity index is 1030. The quantitative estimate of drug-likeness (QED) is 0.351. The van der Waals surface area contributed by atoms with Gasteiger partial charge >= 0.3 is 5.97 Å². The highest BCUT2D eigenvalue weighted by molar-refractivity contribution is 7.80. The number of hydrogen-bond donors (Lipinski definition) is 1. The van der Waals surface area contributed by atoms with E-state index in [4.69, 9.17) is 17.0 Å². The van der Waals surface area contributed by atoms with E-state index in [1.165, 1.54) is 19.2 Å². The van der Waals surface area contributed by atoms with Gasteiger partial charge in [0.2, 0.25) is 0 Å².